The Bertz CT molecular complexity index is 678. The van der Waals surface area contributed by atoms with Gasteiger partial charge < -0.3 is 10.3 Å². The molecule has 2 rings (SSSR count). The number of amides is 1. The third-order valence-corrected chi connectivity index (χ3v) is 4.00. The molecule has 136 valence electrons. The molecule has 1 aromatic heterocycles. The molecule has 1 aromatic carbocycles. The SMILES string of the molecule is CNC(=O)CCCCCCc1ncc(-c2ccc(C(F)(F)F)cc2)[nH]1. The van der Waals surface area contributed by atoms with Crippen molar-refractivity contribution >= 4 is 5.91 Å². The summed E-state index contributed by atoms with van der Waals surface area (Å²) in [6.07, 6.45) is 2.46. The van der Waals surface area contributed by atoms with Gasteiger partial charge in [0.05, 0.1) is 17.5 Å². The van der Waals surface area contributed by atoms with Gasteiger partial charge in [0.1, 0.15) is 5.82 Å². The van der Waals surface area contributed by atoms with Crippen molar-refractivity contribution < 1.29 is 18.0 Å². The van der Waals surface area contributed by atoms with Gasteiger partial charge in [-0.1, -0.05) is 25.0 Å². The third kappa shape index (κ3) is 5.92. The summed E-state index contributed by atoms with van der Waals surface area (Å²) in [7, 11) is 1.63. The van der Waals surface area contributed by atoms with E-state index in [9.17, 15) is 18.0 Å². The van der Waals surface area contributed by atoms with E-state index in [1.807, 2.05) is 0 Å². The van der Waals surface area contributed by atoms with E-state index in [2.05, 4.69) is 15.3 Å². The Balaban J connectivity index is 1.79. The molecule has 2 N–H and O–H groups in total. The number of carbonyl (C=O) groups is 1. The number of halogens is 3. The number of imidazole rings is 1. The number of benzene rings is 1. The van der Waals surface area contributed by atoms with Crippen LogP contribution < -0.4 is 5.32 Å². The van der Waals surface area contributed by atoms with E-state index in [4.69, 9.17) is 0 Å². The van der Waals surface area contributed by atoms with Crippen molar-refractivity contribution in [1.82, 2.24) is 15.3 Å². The second-order valence-corrected chi connectivity index (χ2v) is 5.91. The lowest BCUT2D eigenvalue weighted by Crippen LogP contribution is -2.16. The van der Waals surface area contributed by atoms with E-state index >= 15 is 0 Å². The molecule has 0 aliphatic rings. The van der Waals surface area contributed by atoms with Crippen LogP contribution in [0.3, 0.4) is 0 Å². The molecule has 4 nitrogen and oxygen atoms in total. The van der Waals surface area contributed by atoms with Crippen LogP contribution in [0, 0.1) is 0 Å². The zero-order chi connectivity index (χ0) is 18.3. The second kappa shape index (κ2) is 8.69. The Hall–Kier alpha value is -2.31. The van der Waals surface area contributed by atoms with Gasteiger partial charge in [-0.15, -0.1) is 0 Å². The normalized spacial score (nSPS) is 11.5. The van der Waals surface area contributed by atoms with Crippen molar-refractivity contribution in [3.8, 4) is 11.3 Å². The first-order valence-corrected chi connectivity index (χ1v) is 8.32. The molecule has 0 aliphatic carbocycles. The first kappa shape index (κ1) is 19.0. The molecule has 0 saturated carbocycles. The summed E-state index contributed by atoms with van der Waals surface area (Å²) in [5.74, 6) is 0.883. The minimum atomic E-state index is -4.32. The maximum atomic E-state index is 12.6. The zero-order valence-corrected chi connectivity index (χ0v) is 14.1. The molecule has 2 aromatic rings. The van der Waals surface area contributed by atoms with Crippen LogP contribution in [-0.4, -0.2) is 22.9 Å². The van der Waals surface area contributed by atoms with Gasteiger partial charge in [0.2, 0.25) is 5.91 Å². The van der Waals surface area contributed by atoms with Crippen LogP contribution in [0.4, 0.5) is 13.2 Å². The fourth-order valence-corrected chi connectivity index (χ4v) is 2.53. The fourth-order valence-electron chi connectivity index (χ4n) is 2.53. The van der Waals surface area contributed by atoms with Gasteiger partial charge in [-0.25, -0.2) is 4.98 Å². The minimum absolute atomic E-state index is 0.0622. The molecule has 1 heterocycles. The molecule has 0 unspecified atom stereocenters. The number of hydrogen-bond acceptors (Lipinski definition) is 2. The van der Waals surface area contributed by atoms with Gasteiger partial charge in [0, 0.05) is 19.9 Å². The van der Waals surface area contributed by atoms with E-state index in [-0.39, 0.29) is 5.91 Å². The van der Waals surface area contributed by atoms with Crippen LogP contribution in [0.5, 0.6) is 0 Å². The number of unbranched alkanes of at least 4 members (excludes halogenated alkanes) is 3. The number of carbonyl (C=O) groups excluding carboxylic acids is 1. The molecular formula is C18H22F3N3O. The summed E-state index contributed by atoms with van der Waals surface area (Å²) in [6, 6.07) is 5.03. The number of aromatic amines is 1. The number of hydrogen-bond donors (Lipinski definition) is 2. The molecule has 0 atom stereocenters. The molecule has 1 amide bonds. The summed E-state index contributed by atoms with van der Waals surface area (Å²) in [4.78, 5) is 18.5. The number of nitrogens with zero attached hydrogens (tertiary/aromatic N) is 1. The van der Waals surface area contributed by atoms with Crippen LogP contribution in [0.15, 0.2) is 30.5 Å². The Morgan fingerprint density at radius 3 is 2.44 bits per heavy atom. The van der Waals surface area contributed by atoms with Crippen LogP contribution in [-0.2, 0) is 17.4 Å². The van der Waals surface area contributed by atoms with Crippen LogP contribution in [0.1, 0.15) is 43.5 Å². The molecule has 0 bridgehead atoms. The van der Waals surface area contributed by atoms with Crippen molar-refractivity contribution in [1.29, 1.82) is 0 Å². The molecule has 0 saturated heterocycles. The first-order valence-electron chi connectivity index (χ1n) is 8.32. The van der Waals surface area contributed by atoms with Gasteiger partial charge >= 0.3 is 6.18 Å². The maximum Gasteiger partial charge on any atom is 0.416 e. The van der Waals surface area contributed by atoms with Gasteiger partial charge in [-0.2, -0.15) is 13.2 Å². The maximum absolute atomic E-state index is 12.6. The summed E-state index contributed by atoms with van der Waals surface area (Å²) >= 11 is 0. The summed E-state index contributed by atoms with van der Waals surface area (Å²) in [5.41, 5.74) is 0.730. The lowest BCUT2D eigenvalue weighted by atomic mass is 10.1. The summed E-state index contributed by atoms with van der Waals surface area (Å²) in [5, 5.41) is 2.60. The van der Waals surface area contributed by atoms with Gasteiger partial charge in [-0.3, -0.25) is 4.79 Å². The van der Waals surface area contributed by atoms with Crippen molar-refractivity contribution in [2.24, 2.45) is 0 Å². The highest BCUT2D eigenvalue weighted by Crippen LogP contribution is 2.30. The van der Waals surface area contributed by atoms with E-state index in [1.54, 1.807) is 13.2 Å². The van der Waals surface area contributed by atoms with E-state index in [0.29, 0.717) is 17.7 Å². The fraction of sp³-hybridized carbons (Fsp3) is 0.444. The molecule has 0 fully saturated rings. The molecule has 0 aliphatic heterocycles. The van der Waals surface area contributed by atoms with E-state index in [1.165, 1.54) is 12.1 Å². The number of aryl methyl sites for hydroxylation is 1. The van der Waals surface area contributed by atoms with Crippen molar-refractivity contribution in [3.05, 3.63) is 41.9 Å². The van der Waals surface area contributed by atoms with Crippen LogP contribution in [0.25, 0.3) is 11.3 Å². The number of H-pyrrole nitrogens is 1. The van der Waals surface area contributed by atoms with Crippen LogP contribution >= 0.6 is 0 Å². The van der Waals surface area contributed by atoms with Gasteiger partial charge in [0.25, 0.3) is 0 Å². The highest BCUT2D eigenvalue weighted by Gasteiger charge is 2.30. The van der Waals surface area contributed by atoms with E-state index in [0.717, 1.165) is 50.1 Å². The number of rotatable bonds is 8. The third-order valence-electron chi connectivity index (χ3n) is 4.00. The Labute approximate surface area is 144 Å². The molecule has 0 radical (unpaired) electrons. The summed E-state index contributed by atoms with van der Waals surface area (Å²) in [6.45, 7) is 0. The number of aromatic nitrogens is 2. The summed E-state index contributed by atoms with van der Waals surface area (Å²) < 4.78 is 37.7. The van der Waals surface area contributed by atoms with Gasteiger partial charge in [0.15, 0.2) is 0 Å². The predicted octanol–water partition coefficient (Wildman–Crippen LogP) is 4.33. The first-order chi connectivity index (χ1) is 11.9. The predicted molar refractivity (Wildman–Crippen MR) is 89.9 cm³/mol. The highest BCUT2D eigenvalue weighted by molar-refractivity contribution is 5.75. The minimum Gasteiger partial charge on any atom is -0.359 e. The zero-order valence-electron chi connectivity index (χ0n) is 14.1. The number of alkyl halides is 3. The second-order valence-electron chi connectivity index (χ2n) is 5.91. The lowest BCUT2D eigenvalue weighted by molar-refractivity contribution is -0.137. The smallest absolute Gasteiger partial charge is 0.359 e. The highest BCUT2D eigenvalue weighted by atomic mass is 19.4. The Morgan fingerprint density at radius 2 is 1.80 bits per heavy atom. The van der Waals surface area contributed by atoms with Crippen LogP contribution in [0.2, 0.25) is 0 Å². The quantitative estimate of drug-likeness (QED) is 0.694. The Morgan fingerprint density at radius 1 is 1.12 bits per heavy atom. The monoisotopic (exact) mass is 353 g/mol. The molecule has 7 heteroatoms. The molecular weight excluding hydrogens is 331 g/mol. The molecule has 0 spiro atoms. The van der Waals surface area contributed by atoms with Gasteiger partial charge in [-0.05, 0) is 30.5 Å². The lowest BCUT2D eigenvalue weighted by Gasteiger charge is -2.06. The van der Waals surface area contributed by atoms with Crippen molar-refractivity contribution in [2.45, 2.75) is 44.7 Å². The topological polar surface area (TPSA) is 57.8 Å². The average molecular weight is 353 g/mol. The Kier molecular flexibility index (Phi) is 6.61. The standard InChI is InChI=1S/C18H22F3N3O/c1-22-17(25)7-5-3-2-4-6-16-23-12-15(24-16)13-8-10-14(11-9-13)18(19,20)21/h8-12H,2-7H2,1H3,(H,22,25)(H,23,24). The largest absolute Gasteiger partial charge is 0.416 e. The number of nitrogens with one attached hydrogen (secondary N) is 2. The van der Waals surface area contributed by atoms with Crippen molar-refractivity contribution in [2.75, 3.05) is 7.05 Å². The molecule has 25 heavy (non-hydrogen) atoms. The average Bonchev–Trinajstić information content (AvgIpc) is 3.06. The van der Waals surface area contributed by atoms with E-state index < -0.39 is 11.7 Å². The van der Waals surface area contributed by atoms with Crippen molar-refractivity contribution in [3.63, 3.8) is 0 Å².